The third kappa shape index (κ3) is 8.31. The molecule has 14 heteroatoms. The topological polar surface area (TPSA) is 142 Å². The van der Waals surface area contributed by atoms with E-state index in [1.165, 1.54) is 0 Å². The van der Waals surface area contributed by atoms with Gasteiger partial charge in [-0.3, -0.25) is 24.5 Å². The summed E-state index contributed by atoms with van der Waals surface area (Å²) in [6, 6.07) is 18.6. The van der Waals surface area contributed by atoms with Gasteiger partial charge in [0, 0.05) is 92.8 Å². The highest BCUT2D eigenvalue weighted by Gasteiger charge is 2.39. The van der Waals surface area contributed by atoms with Crippen molar-refractivity contribution in [2.24, 2.45) is 0 Å². The minimum absolute atomic E-state index is 0.0563. The second kappa shape index (κ2) is 16.0. The predicted octanol–water partition coefficient (Wildman–Crippen LogP) is 4.61. The van der Waals surface area contributed by atoms with Gasteiger partial charge in [-0.1, -0.05) is 54.1 Å². The summed E-state index contributed by atoms with van der Waals surface area (Å²) < 4.78 is 18.7. The molecule has 4 heterocycles. The summed E-state index contributed by atoms with van der Waals surface area (Å²) in [6.45, 7) is 6.30. The predicted molar refractivity (Wildman–Crippen MR) is 211 cm³/mol. The molecule has 0 saturated carbocycles. The number of methoxy groups -OCH3 is 1. The number of piperidine rings is 1. The van der Waals surface area contributed by atoms with Crippen LogP contribution in [0.3, 0.4) is 0 Å². The number of hydrogen-bond donors (Lipinski definition) is 1. The maximum atomic E-state index is 13.4. The molecule has 286 valence electrons. The maximum absolute atomic E-state index is 13.4. The van der Waals surface area contributed by atoms with Crippen LogP contribution in [0.15, 0.2) is 66.9 Å². The van der Waals surface area contributed by atoms with Crippen molar-refractivity contribution in [3.63, 3.8) is 0 Å². The number of amides is 4. The Morgan fingerprint density at radius 2 is 1.73 bits per heavy atom. The standard InChI is InChI=1S/C41H44ClN6O6P/c1-54-35-23-29(13-11-27(35)22-37-43-24-32(42)33(44-37)21-28-7-4-5-10-36(28)55(2,3)53)46-17-19-47(20-18-46)39(50)16-12-26-8-6-9-30-31(26)25-48(41(30)52)34-14-15-38(49)45-40(34)51/h4-11,13,23-24,34H,12,14-22,25H2,1-3H3,(H,45,49,51). The van der Waals surface area contributed by atoms with E-state index in [0.717, 1.165) is 33.2 Å². The number of anilines is 1. The van der Waals surface area contributed by atoms with Crippen LogP contribution in [-0.2, 0) is 44.8 Å². The minimum Gasteiger partial charge on any atom is -0.496 e. The molecule has 12 nitrogen and oxygen atoms in total. The molecule has 1 aromatic heterocycles. The number of imide groups is 1. The van der Waals surface area contributed by atoms with Gasteiger partial charge in [-0.15, -0.1) is 0 Å². The lowest BCUT2D eigenvalue weighted by Gasteiger charge is -2.36. The Morgan fingerprint density at radius 3 is 2.47 bits per heavy atom. The summed E-state index contributed by atoms with van der Waals surface area (Å²) >= 11 is 6.54. The molecular formula is C41H44ClN6O6P. The van der Waals surface area contributed by atoms with Crippen LogP contribution >= 0.6 is 18.7 Å². The number of fused-ring (bicyclic) bond motifs is 1. The van der Waals surface area contributed by atoms with E-state index in [1.807, 2.05) is 53.4 Å². The van der Waals surface area contributed by atoms with Gasteiger partial charge in [-0.25, -0.2) is 9.97 Å². The average Bonchev–Trinajstić information content (AvgIpc) is 3.51. The minimum atomic E-state index is -2.49. The van der Waals surface area contributed by atoms with E-state index < -0.39 is 19.1 Å². The molecule has 0 aliphatic carbocycles. The zero-order valence-electron chi connectivity index (χ0n) is 31.2. The third-order valence-corrected chi connectivity index (χ3v) is 12.6. The quantitative estimate of drug-likeness (QED) is 0.171. The Balaban J connectivity index is 0.949. The van der Waals surface area contributed by atoms with Crippen molar-refractivity contribution < 1.29 is 28.5 Å². The number of halogens is 1. The van der Waals surface area contributed by atoms with Gasteiger partial charge in [0.05, 0.1) is 17.8 Å². The summed E-state index contributed by atoms with van der Waals surface area (Å²) in [5.41, 5.74) is 5.86. The van der Waals surface area contributed by atoms with Crippen molar-refractivity contribution >= 4 is 53.4 Å². The van der Waals surface area contributed by atoms with Crippen LogP contribution in [0.1, 0.15) is 63.4 Å². The van der Waals surface area contributed by atoms with Gasteiger partial charge in [0.1, 0.15) is 24.8 Å². The van der Waals surface area contributed by atoms with Crippen LogP contribution in [0.2, 0.25) is 5.02 Å². The van der Waals surface area contributed by atoms with Gasteiger partial charge in [0.2, 0.25) is 17.7 Å². The van der Waals surface area contributed by atoms with Crippen LogP contribution in [0.4, 0.5) is 5.69 Å². The average molecular weight is 783 g/mol. The number of aryl methyl sites for hydroxylation is 1. The van der Waals surface area contributed by atoms with Crippen LogP contribution < -0.4 is 20.3 Å². The third-order valence-electron chi connectivity index (χ3n) is 10.7. The number of hydrogen-bond acceptors (Lipinski definition) is 9. The summed E-state index contributed by atoms with van der Waals surface area (Å²) in [5.74, 6) is 0.396. The highest BCUT2D eigenvalue weighted by molar-refractivity contribution is 7.70. The van der Waals surface area contributed by atoms with Crippen molar-refractivity contribution in [2.45, 2.75) is 51.1 Å². The molecule has 2 saturated heterocycles. The number of nitrogens with one attached hydrogen (secondary N) is 1. The highest BCUT2D eigenvalue weighted by atomic mass is 35.5. The van der Waals surface area contributed by atoms with E-state index in [-0.39, 0.29) is 30.7 Å². The van der Waals surface area contributed by atoms with Crippen molar-refractivity contribution in [3.8, 4) is 5.75 Å². The molecule has 3 aliphatic heterocycles. The summed E-state index contributed by atoms with van der Waals surface area (Å²) in [4.78, 5) is 65.7. The highest BCUT2D eigenvalue weighted by Crippen LogP contribution is 2.37. The monoisotopic (exact) mass is 782 g/mol. The molecule has 55 heavy (non-hydrogen) atoms. The summed E-state index contributed by atoms with van der Waals surface area (Å²) in [5, 5.41) is 3.62. The van der Waals surface area contributed by atoms with Crippen molar-refractivity contribution in [2.75, 3.05) is 51.5 Å². The lowest BCUT2D eigenvalue weighted by atomic mass is 9.99. The van der Waals surface area contributed by atoms with E-state index in [0.29, 0.717) is 86.1 Å². The SMILES string of the molecule is COc1cc(N2CCN(C(=O)CCc3cccc4c3CN(C3CCC(=O)NC3=O)C4=O)CC2)ccc1Cc1ncc(Cl)c(Cc2ccccc2P(C)(C)=O)n1. The van der Waals surface area contributed by atoms with Gasteiger partial charge < -0.3 is 24.0 Å². The molecule has 0 bridgehead atoms. The van der Waals surface area contributed by atoms with Crippen molar-refractivity contribution in [1.82, 2.24) is 25.1 Å². The largest absolute Gasteiger partial charge is 0.496 e. The Labute approximate surface area is 325 Å². The molecular weight excluding hydrogens is 739 g/mol. The first-order valence-electron chi connectivity index (χ1n) is 18.5. The fourth-order valence-electron chi connectivity index (χ4n) is 7.76. The molecule has 0 radical (unpaired) electrons. The Morgan fingerprint density at radius 1 is 0.964 bits per heavy atom. The van der Waals surface area contributed by atoms with Gasteiger partial charge in [-0.05, 0) is 55.0 Å². The number of carbonyl (C=O) groups is 4. The van der Waals surface area contributed by atoms with Crippen LogP contribution in [0, 0.1) is 0 Å². The number of carbonyl (C=O) groups excluding carboxylic acids is 4. The van der Waals surface area contributed by atoms with E-state index in [9.17, 15) is 23.7 Å². The fourth-order valence-corrected chi connectivity index (χ4v) is 9.21. The van der Waals surface area contributed by atoms with Gasteiger partial charge in [0.15, 0.2) is 0 Å². The molecule has 1 N–H and O–H groups in total. The van der Waals surface area contributed by atoms with E-state index in [2.05, 4.69) is 21.3 Å². The van der Waals surface area contributed by atoms with E-state index in [4.69, 9.17) is 21.3 Å². The first kappa shape index (κ1) is 38.2. The molecule has 2 fully saturated rings. The first-order chi connectivity index (χ1) is 26.4. The number of aromatic nitrogens is 2. The molecule has 3 aromatic carbocycles. The number of ether oxygens (including phenoxy) is 1. The second-order valence-corrected chi connectivity index (χ2v) is 18.2. The van der Waals surface area contributed by atoms with Crippen molar-refractivity contribution in [1.29, 1.82) is 0 Å². The van der Waals surface area contributed by atoms with Gasteiger partial charge in [-0.2, -0.15) is 0 Å². The zero-order chi connectivity index (χ0) is 38.9. The lowest BCUT2D eigenvalue weighted by molar-refractivity contribution is -0.137. The van der Waals surface area contributed by atoms with Crippen LogP contribution in [-0.4, -0.2) is 96.1 Å². The molecule has 0 spiro atoms. The van der Waals surface area contributed by atoms with Crippen LogP contribution in [0.25, 0.3) is 0 Å². The molecule has 4 aromatic rings. The lowest BCUT2D eigenvalue weighted by Crippen LogP contribution is -2.52. The Hall–Kier alpha value is -5.06. The number of nitrogens with zero attached hydrogens (tertiary/aromatic N) is 5. The van der Waals surface area contributed by atoms with Gasteiger partial charge in [0.25, 0.3) is 5.91 Å². The Kier molecular flexibility index (Phi) is 11.1. The molecule has 3 aliphatic rings. The van der Waals surface area contributed by atoms with Gasteiger partial charge >= 0.3 is 0 Å². The second-order valence-electron chi connectivity index (χ2n) is 14.6. The molecule has 1 unspecified atom stereocenters. The summed E-state index contributed by atoms with van der Waals surface area (Å²) in [7, 11) is -0.850. The van der Waals surface area contributed by atoms with E-state index >= 15 is 0 Å². The maximum Gasteiger partial charge on any atom is 0.255 e. The normalized spacial score (nSPS) is 17.3. The number of benzene rings is 3. The fraction of sp³-hybridized carbons (Fsp3) is 0.366. The van der Waals surface area contributed by atoms with Crippen molar-refractivity contribution in [3.05, 3.63) is 111 Å². The number of piperazine rings is 1. The molecule has 4 amide bonds. The smallest absolute Gasteiger partial charge is 0.255 e. The molecule has 7 rings (SSSR count). The van der Waals surface area contributed by atoms with E-state index in [1.54, 1.807) is 37.6 Å². The molecule has 1 atom stereocenters. The summed E-state index contributed by atoms with van der Waals surface area (Å²) in [6.07, 6.45) is 3.81. The first-order valence-corrected chi connectivity index (χ1v) is 21.5. The van der Waals surface area contributed by atoms with Crippen LogP contribution in [0.5, 0.6) is 5.75 Å². The Bertz CT molecular complexity index is 2220. The zero-order valence-corrected chi connectivity index (χ0v) is 32.9. The number of rotatable bonds is 11.